The molecule has 2 saturated heterocycles. The topological polar surface area (TPSA) is 41.7 Å². The normalized spacial score (nSPS) is 25.9. The summed E-state index contributed by atoms with van der Waals surface area (Å²) < 4.78 is 11.1. The van der Waals surface area contributed by atoms with Crippen LogP contribution in [-0.4, -0.2) is 60.4 Å². The Kier molecular flexibility index (Phi) is 4.70. The molecule has 3 rings (SSSR count). The van der Waals surface area contributed by atoms with Crippen molar-refractivity contribution in [1.82, 2.24) is 15.0 Å². The first-order valence-corrected chi connectivity index (χ1v) is 7.78. The number of nitrogens with zero attached hydrogens (tertiary/aromatic N) is 3. The zero-order valence-corrected chi connectivity index (χ0v) is 12.4. The molecule has 5 nitrogen and oxygen atoms in total. The highest BCUT2D eigenvalue weighted by atomic mass is 16.5. The second-order valence-electron chi connectivity index (χ2n) is 6.00. The molecule has 0 aliphatic carbocycles. The van der Waals surface area contributed by atoms with Gasteiger partial charge in [-0.2, -0.15) is 0 Å². The third-order valence-electron chi connectivity index (χ3n) is 4.26. The zero-order valence-electron chi connectivity index (χ0n) is 12.4. The standard InChI is InChI=1S/C15H25N3O2/c1-13-10-15(20-16-13)12-18-7-5-17(6-8-18)11-14-4-2-3-9-19-14/h10,14H,2-9,11-12H2,1H3. The van der Waals surface area contributed by atoms with Crippen LogP contribution in [0.2, 0.25) is 0 Å². The van der Waals surface area contributed by atoms with Gasteiger partial charge in [0.15, 0.2) is 5.76 Å². The first kappa shape index (κ1) is 14.0. The average Bonchev–Trinajstić information content (AvgIpc) is 2.88. The summed E-state index contributed by atoms with van der Waals surface area (Å²) >= 11 is 0. The monoisotopic (exact) mass is 279 g/mol. The van der Waals surface area contributed by atoms with Crippen molar-refractivity contribution in [3.05, 3.63) is 17.5 Å². The van der Waals surface area contributed by atoms with E-state index in [0.717, 1.165) is 57.3 Å². The minimum absolute atomic E-state index is 0.465. The van der Waals surface area contributed by atoms with Gasteiger partial charge in [0.1, 0.15) is 0 Å². The van der Waals surface area contributed by atoms with Crippen molar-refractivity contribution in [1.29, 1.82) is 0 Å². The van der Waals surface area contributed by atoms with Crippen LogP contribution >= 0.6 is 0 Å². The van der Waals surface area contributed by atoms with Crippen molar-refractivity contribution < 1.29 is 9.26 Å². The van der Waals surface area contributed by atoms with Crippen LogP contribution in [0.25, 0.3) is 0 Å². The lowest BCUT2D eigenvalue weighted by atomic mass is 10.1. The van der Waals surface area contributed by atoms with E-state index in [0.29, 0.717) is 6.10 Å². The third-order valence-corrected chi connectivity index (χ3v) is 4.26. The van der Waals surface area contributed by atoms with Gasteiger partial charge in [0.05, 0.1) is 18.3 Å². The number of piperazine rings is 1. The first-order chi connectivity index (χ1) is 9.79. The van der Waals surface area contributed by atoms with E-state index in [1.54, 1.807) is 0 Å². The van der Waals surface area contributed by atoms with Gasteiger partial charge in [-0.25, -0.2) is 0 Å². The van der Waals surface area contributed by atoms with Gasteiger partial charge >= 0.3 is 0 Å². The van der Waals surface area contributed by atoms with Crippen molar-refractivity contribution in [2.75, 3.05) is 39.3 Å². The Morgan fingerprint density at radius 3 is 2.65 bits per heavy atom. The highest BCUT2D eigenvalue weighted by molar-refractivity contribution is 5.03. The number of hydrogen-bond donors (Lipinski definition) is 0. The van der Waals surface area contributed by atoms with Crippen LogP contribution in [0.4, 0.5) is 0 Å². The van der Waals surface area contributed by atoms with E-state index >= 15 is 0 Å². The second-order valence-corrected chi connectivity index (χ2v) is 6.00. The molecule has 2 aliphatic rings. The molecule has 0 radical (unpaired) electrons. The van der Waals surface area contributed by atoms with Gasteiger partial charge in [0.2, 0.25) is 0 Å². The summed E-state index contributed by atoms with van der Waals surface area (Å²) in [6.45, 7) is 9.38. The van der Waals surface area contributed by atoms with Gasteiger partial charge < -0.3 is 9.26 Å². The molecule has 5 heteroatoms. The summed E-state index contributed by atoms with van der Waals surface area (Å²) in [6.07, 6.45) is 4.26. The van der Waals surface area contributed by atoms with Crippen molar-refractivity contribution >= 4 is 0 Å². The number of hydrogen-bond acceptors (Lipinski definition) is 5. The van der Waals surface area contributed by atoms with E-state index in [1.165, 1.54) is 19.3 Å². The molecular formula is C15H25N3O2. The number of ether oxygens (including phenoxy) is 1. The summed E-state index contributed by atoms with van der Waals surface area (Å²) in [5, 5.41) is 3.95. The van der Waals surface area contributed by atoms with Crippen molar-refractivity contribution in [3.8, 4) is 0 Å². The molecule has 20 heavy (non-hydrogen) atoms. The number of rotatable bonds is 4. The lowest BCUT2D eigenvalue weighted by Gasteiger charge is -2.36. The fraction of sp³-hybridized carbons (Fsp3) is 0.800. The maximum atomic E-state index is 5.83. The lowest BCUT2D eigenvalue weighted by molar-refractivity contribution is -0.0150. The Balaban J connectivity index is 1.40. The van der Waals surface area contributed by atoms with Gasteiger partial charge in [-0.3, -0.25) is 9.80 Å². The quantitative estimate of drug-likeness (QED) is 0.838. The number of aryl methyl sites for hydroxylation is 1. The Morgan fingerprint density at radius 2 is 2.00 bits per heavy atom. The van der Waals surface area contributed by atoms with Crippen LogP contribution < -0.4 is 0 Å². The third kappa shape index (κ3) is 3.81. The van der Waals surface area contributed by atoms with E-state index in [1.807, 2.05) is 13.0 Å². The molecule has 2 aliphatic heterocycles. The predicted molar refractivity (Wildman–Crippen MR) is 76.5 cm³/mol. The summed E-state index contributed by atoms with van der Waals surface area (Å²) in [5.74, 6) is 0.978. The molecule has 0 spiro atoms. The van der Waals surface area contributed by atoms with E-state index in [9.17, 15) is 0 Å². The largest absolute Gasteiger partial charge is 0.377 e. The summed E-state index contributed by atoms with van der Waals surface area (Å²) in [7, 11) is 0. The highest BCUT2D eigenvalue weighted by Crippen LogP contribution is 2.15. The van der Waals surface area contributed by atoms with Crippen molar-refractivity contribution in [3.63, 3.8) is 0 Å². The summed E-state index contributed by atoms with van der Waals surface area (Å²) in [5.41, 5.74) is 0.966. The van der Waals surface area contributed by atoms with Crippen LogP contribution in [0.15, 0.2) is 10.6 Å². The molecule has 0 aromatic carbocycles. The molecule has 3 heterocycles. The van der Waals surface area contributed by atoms with Crippen LogP contribution in [0, 0.1) is 6.92 Å². The van der Waals surface area contributed by atoms with Crippen molar-refractivity contribution in [2.24, 2.45) is 0 Å². The SMILES string of the molecule is Cc1cc(CN2CCN(CC3CCCCO3)CC2)on1. The maximum absolute atomic E-state index is 5.83. The first-order valence-electron chi connectivity index (χ1n) is 7.78. The number of aromatic nitrogens is 1. The smallest absolute Gasteiger partial charge is 0.150 e. The Labute approximate surface area is 120 Å². The van der Waals surface area contributed by atoms with Gasteiger partial charge in [0, 0.05) is 45.4 Å². The van der Waals surface area contributed by atoms with Crippen molar-refractivity contribution in [2.45, 2.75) is 38.8 Å². The molecule has 1 atom stereocenters. The van der Waals surface area contributed by atoms with Gasteiger partial charge in [0.25, 0.3) is 0 Å². The minimum Gasteiger partial charge on any atom is -0.377 e. The fourth-order valence-corrected chi connectivity index (χ4v) is 3.08. The van der Waals surface area contributed by atoms with Crippen LogP contribution in [0.5, 0.6) is 0 Å². The Bertz CT molecular complexity index is 407. The Morgan fingerprint density at radius 1 is 1.20 bits per heavy atom. The van der Waals surface area contributed by atoms with Gasteiger partial charge in [-0.05, 0) is 26.2 Å². The van der Waals surface area contributed by atoms with Crippen LogP contribution in [0.1, 0.15) is 30.7 Å². The predicted octanol–water partition coefficient (Wildman–Crippen LogP) is 1.67. The molecule has 1 unspecified atom stereocenters. The van der Waals surface area contributed by atoms with Gasteiger partial charge in [-0.15, -0.1) is 0 Å². The maximum Gasteiger partial charge on any atom is 0.150 e. The molecule has 0 N–H and O–H groups in total. The minimum atomic E-state index is 0.465. The average molecular weight is 279 g/mol. The molecule has 1 aromatic rings. The molecule has 1 aromatic heterocycles. The van der Waals surface area contributed by atoms with E-state index in [4.69, 9.17) is 9.26 Å². The van der Waals surface area contributed by atoms with E-state index in [-0.39, 0.29) is 0 Å². The molecule has 0 bridgehead atoms. The lowest BCUT2D eigenvalue weighted by Crippen LogP contribution is -2.48. The van der Waals surface area contributed by atoms with E-state index < -0.39 is 0 Å². The summed E-state index contributed by atoms with van der Waals surface area (Å²) in [4.78, 5) is 4.98. The van der Waals surface area contributed by atoms with Crippen LogP contribution in [-0.2, 0) is 11.3 Å². The van der Waals surface area contributed by atoms with Gasteiger partial charge in [-0.1, -0.05) is 5.16 Å². The van der Waals surface area contributed by atoms with Crippen LogP contribution in [0.3, 0.4) is 0 Å². The Hall–Kier alpha value is -0.910. The molecule has 0 amide bonds. The summed E-state index contributed by atoms with van der Waals surface area (Å²) in [6, 6.07) is 2.03. The molecule has 0 saturated carbocycles. The molecule has 2 fully saturated rings. The second kappa shape index (κ2) is 6.70. The zero-order chi connectivity index (χ0) is 13.8. The fourth-order valence-electron chi connectivity index (χ4n) is 3.08. The van der Waals surface area contributed by atoms with E-state index in [2.05, 4.69) is 15.0 Å². The molecular weight excluding hydrogens is 254 g/mol. The highest BCUT2D eigenvalue weighted by Gasteiger charge is 2.22. The molecule has 112 valence electrons.